The summed E-state index contributed by atoms with van der Waals surface area (Å²) in [6, 6.07) is 5.76. The van der Waals surface area contributed by atoms with Crippen molar-refractivity contribution in [1.29, 1.82) is 0 Å². The summed E-state index contributed by atoms with van der Waals surface area (Å²) in [5.74, 6) is 0.260. The molecule has 0 aliphatic carbocycles. The quantitative estimate of drug-likeness (QED) is 0.869. The average Bonchev–Trinajstić information content (AvgIpc) is 2.66. The first-order valence-electron chi connectivity index (χ1n) is 6.85. The van der Waals surface area contributed by atoms with Crippen molar-refractivity contribution in [2.45, 2.75) is 46.1 Å². The van der Waals surface area contributed by atoms with Gasteiger partial charge in [0, 0.05) is 21.0 Å². The summed E-state index contributed by atoms with van der Waals surface area (Å²) in [7, 11) is 0. The molecule has 20 heavy (non-hydrogen) atoms. The van der Waals surface area contributed by atoms with Crippen molar-refractivity contribution < 1.29 is 9.21 Å². The maximum absolute atomic E-state index is 12.4. The largest absolute Gasteiger partial charge is 0.451 e. The van der Waals surface area contributed by atoms with Crippen molar-refractivity contribution >= 4 is 32.8 Å². The van der Waals surface area contributed by atoms with E-state index in [0.717, 1.165) is 33.8 Å². The molecule has 0 fully saturated rings. The number of hydrogen-bond donors (Lipinski definition) is 1. The summed E-state index contributed by atoms with van der Waals surface area (Å²) in [6.45, 7) is 8.09. The molecule has 0 spiro atoms. The minimum Gasteiger partial charge on any atom is -0.451 e. The van der Waals surface area contributed by atoms with E-state index < -0.39 is 0 Å². The van der Waals surface area contributed by atoms with Gasteiger partial charge in [-0.2, -0.15) is 0 Å². The van der Waals surface area contributed by atoms with E-state index in [1.807, 2.05) is 39.0 Å². The molecule has 2 rings (SSSR count). The number of benzene rings is 1. The van der Waals surface area contributed by atoms with Gasteiger partial charge in [0.1, 0.15) is 5.58 Å². The monoisotopic (exact) mass is 337 g/mol. The highest BCUT2D eigenvalue weighted by molar-refractivity contribution is 9.10. The van der Waals surface area contributed by atoms with Crippen LogP contribution in [-0.2, 0) is 0 Å². The van der Waals surface area contributed by atoms with Gasteiger partial charge in [-0.25, -0.2) is 0 Å². The van der Waals surface area contributed by atoms with Gasteiger partial charge in [-0.1, -0.05) is 29.3 Å². The molecule has 0 radical (unpaired) electrons. The molecule has 1 N–H and O–H groups in total. The number of nitrogens with one attached hydrogen (secondary N) is 1. The second kappa shape index (κ2) is 5.60. The second-order valence-corrected chi connectivity index (χ2v) is 6.70. The number of aryl methyl sites for hydroxylation is 1. The van der Waals surface area contributed by atoms with Gasteiger partial charge >= 0.3 is 0 Å². The van der Waals surface area contributed by atoms with Gasteiger partial charge in [0.25, 0.3) is 5.91 Å². The lowest BCUT2D eigenvalue weighted by molar-refractivity contribution is 0.0882. The molecule has 2 aromatic rings. The van der Waals surface area contributed by atoms with E-state index in [1.54, 1.807) is 0 Å². The smallest absolute Gasteiger partial charge is 0.287 e. The van der Waals surface area contributed by atoms with Crippen molar-refractivity contribution in [2.75, 3.05) is 0 Å². The summed E-state index contributed by atoms with van der Waals surface area (Å²) in [5.41, 5.74) is 1.40. The zero-order valence-electron chi connectivity index (χ0n) is 12.3. The number of amides is 1. The normalized spacial score (nSPS) is 11.8. The summed E-state index contributed by atoms with van der Waals surface area (Å²) >= 11 is 3.44. The fourth-order valence-corrected chi connectivity index (χ4v) is 2.82. The van der Waals surface area contributed by atoms with Crippen LogP contribution in [0.3, 0.4) is 0 Å². The van der Waals surface area contributed by atoms with E-state index >= 15 is 0 Å². The van der Waals surface area contributed by atoms with Crippen LogP contribution in [0.5, 0.6) is 0 Å². The molecule has 0 unspecified atom stereocenters. The molecule has 108 valence electrons. The predicted molar refractivity (Wildman–Crippen MR) is 85.1 cm³/mol. The SMILES string of the molecule is CCCC(C)(C)NC(=O)c1oc2ccc(Br)cc2c1C. The highest BCUT2D eigenvalue weighted by atomic mass is 79.9. The van der Waals surface area contributed by atoms with E-state index in [1.165, 1.54) is 0 Å². The Balaban J connectivity index is 2.33. The summed E-state index contributed by atoms with van der Waals surface area (Å²) in [4.78, 5) is 12.4. The highest BCUT2D eigenvalue weighted by Gasteiger charge is 2.24. The minimum absolute atomic E-state index is 0.145. The number of carbonyl (C=O) groups excluding carboxylic acids is 1. The maximum Gasteiger partial charge on any atom is 0.287 e. The molecule has 0 saturated carbocycles. The van der Waals surface area contributed by atoms with Gasteiger partial charge in [-0.3, -0.25) is 4.79 Å². The second-order valence-electron chi connectivity index (χ2n) is 5.78. The van der Waals surface area contributed by atoms with E-state index in [2.05, 4.69) is 28.2 Å². The molecule has 0 bridgehead atoms. The van der Waals surface area contributed by atoms with Gasteiger partial charge in [0.15, 0.2) is 5.76 Å². The van der Waals surface area contributed by atoms with Crippen LogP contribution in [0, 0.1) is 6.92 Å². The lowest BCUT2D eigenvalue weighted by Gasteiger charge is -2.25. The lowest BCUT2D eigenvalue weighted by Crippen LogP contribution is -2.43. The molecule has 0 saturated heterocycles. The molecule has 1 amide bonds. The predicted octanol–water partition coefficient (Wildman–Crippen LogP) is 4.81. The summed E-state index contributed by atoms with van der Waals surface area (Å²) in [5, 5.41) is 4.02. The zero-order valence-corrected chi connectivity index (χ0v) is 13.9. The highest BCUT2D eigenvalue weighted by Crippen LogP contribution is 2.28. The molecule has 4 heteroatoms. The Morgan fingerprint density at radius 3 is 2.75 bits per heavy atom. The Morgan fingerprint density at radius 2 is 2.10 bits per heavy atom. The number of furan rings is 1. The van der Waals surface area contributed by atoms with Gasteiger partial charge in [0.2, 0.25) is 0 Å². The fraction of sp³-hybridized carbons (Fsp3) is 0.438. The first-order valence-corrected chi connectivity index (χ1v) is 7.64. The van der Waals surface area contributed by atoms with Crippen LogP contribution in [0.2, 0.25) is 0 Å². The average molecular weight is 338 g/mol. The Labute approximate surface area is 127 Å². The van der Waals surface area contributed by atoms with Crippen LogP contribution in [0.1, 0.15) is 49.7 Å². The Bertz CT molecular complexity index is 643. The first kappa shape index (κ1) is 15.1. The Kier molecular flexibility index (Phi) is 4.23. The van der Waals surface area contributed by atoms with Gasteiger partial charge < -0.3 is 9.73 Å². The van der Waals surface area contributed by atoms with Crippen LogP contribution in [-0.4, -0.2) is 11.4 Å². The zero-order chi connectivity index (χ0) is 14.9. The molecule has 1 aromatic carbocycles. The molecule has 0 aliphatic rings. The third kappa shape index (κ3) is 3.06. The van der Waals surface area contributed by atoms with Crippen molar-refractivity contribution in [3.05, 3.63) is 34.0 Å². The molecule has 3 nitrogen and oxygen atoms in total. The number of carbonyl (C=O) groups is 1. The first-order chi connectivity index (χ1) is 9.34. The standard InChI is InChI=1S/C16H20BrNO2/c1-5-8-16(3,4)18-15(19)14-10(2)12-9-11(17)6-7-13(12)20-14/h6-7,9H,5,8H2,1-4H3,(H,18,19). The van der Waals surface area contributed by atoms with Gasteiger partial charge in [-0.15, -0.1) is 0 Å². The fourth-order valence-electron chi connectivity index (χ4n) is 2.46. The molecular weight excluding hydrogens is 318 g/mol. The van der Waals surface area contributed by atoms with Gasteiger partial charge in [-0.05, 0) is 45.4 Å². The summed E-state index contributed by atoms with van der Waals surface area (Å²) in [6.07, 6.45) is 1.96. The van der Waals surface area contributed by atoms with E-state index in [0.29, 0.717) is 5.76 Å². The number of rotatable bonds is 4. The van der Waals surface area contributed by atoms with E-state index in [-0.39, 0.29) is 11.4 Å². The maximum atomic E-state index is 12.4. The molecule has 0 aliphatic heterocycles. The van der Waals surface area contributed by atoms with Crippen molar-refractivity contribution in [3.8, 4) is 0 Å². The lowest BCUT2D eigenvalue weighted by atomic mass is 9.98. The Morgan fingerprint density at radius 1 is 1.40 bits per heavy atom. The van der Waals surface area contributed by atoms with Crippen molar-refractivity contribution in [1.82, 2.24) is 5.32 Å². The molecule has 1 heterocycles. The molecular formula is C16H20BrNO2. The third-order valence-electron chi connectivity index (χ3n) is 3.43. The number of hydrogen-bond acceptors (Lipinski definition) is 2. The number of halogens is 1. The Hall–Kier alpha value is -1.29. The van der Waals surface area contributed by atoms with E-state index in [9.17, 15) is 4.79 Å². The minimum atomic E-state index is -0.224. The van der Waals surface area contributed by atoms with E-state index in [4.69, 9.17) is 4.42 Å². The molecule has 1 aromatic heterocycles. The number of fused-ring (bicyclic) bond motifs is 1. The van der Waals surface area contributed by atoms with Crippen LogP contribution in [0.4, 0.5) is 0 Å². The van der Waals surface area contributed by atoms with Crippen molar-refractivity contribution in [3.63, 3.8) is 0 Å². The summed E-state index contributed by atoms with van der Waals surface area (Å²) < 4.78 is 6.69. The molecule has 0 atom stereocenters. The third-order valence-corrected chi connectivity index (χ3v) is 3.92. The van der Waals surface area contributed by atoms with Crippen molar-refractivity contribution in [2.24, 2.45) is 0 Å². The van der Waals surface area contributed by atoms with Gasteiger partial charge in [0.05, 0.1) is 0 Å². The topological polar surface area (TPSA) is 42.2 Å². The van der Waals surface area contributed by atoms with Crippen LogP contribution in [0.15, 0.2) is 27.1 Å². The van der Waals surface area contributed by atoms with Crippen LogP contribution in [0.25, 0.3) is 11.0 Å². The van der Waals surface area contributed by atoms with Crippen LogP contribution < -0.4 is 5.32 Å². The van der Waals surface area contributed by atoms with Crippen LogP contribution >= 0.6 is 15.9 Å².